The third-order valence-electron chi connectivity index (χ3n) is 3.34. The first kappa shape index (κ1) is 12.9. The highest BCUT2D eigenvalue weighted by molar-refractivity contribution is 8.00. The zero-order valence-corrected chi connectivity index (χ0v) is 11.2. The number of thioether (sulfide) groups is 1. The van der Waals surface area contributed by atoms with Crippen LogP contribution in [0.4, 0.5) is 0 Å². The maximum Gasteiger partial charge on any atom is 0.0957 e. The van der Waals surface area contributed by atoms with Gasteiger partial charge in [-0.05, 0) is 31.4 Å². The number of aliphatic hydroxyl groups is 1. The molecule has 3 heteroatoms. The second kappa shape index (κ2) is 6.41. The molecule has 1 aromatic heterocycles. The van der Waals surface area contributed by atoms with Crippen molar-refractivity contribution in [2.24, 2.45) is 0 Å². The van der Waals surface area contributed by atoms with Gasteiger partial charge in [0.2, 0.25) is 0 Å². The van der Waals surface area contributed by atoms with Crippen LogP contribution in [0.1, 0.15) is 57.2 Å². The van der Waals surface area contributed by atoms with Crippen LogP contribution in [0.2, 0.25) is 0 Å². The number of aliphatic hydroxyl groups excluding tert-OH is 1. The standard InChI is InChI=1S/C14H21NOS/c1-2-14(16)13-9-8-12(10-15-13)17-11-6-4-3-5-7-11/h8-11,14,16H,2-7H2,1H3/t14-/m1/s1. The summed E-state index contributed by atoms with van der Waals surface area (Å²) in [5, 5.41) is 10.4. The summed E-state index contributed by atoms with van der Waals surface area (Å²) in [6.45, 7) is 1.97. The molecule has 0 spiro atoms. The average Bonchev–Trinajstić information content (AvgIpc) is 2.40. The molecule has 0 aliphatic heterocycles. The van der Waals surface area contributed by atoms with E-state index in [4.69, 9.17) is 0 Å². The molecule has 1 fully saturated rings. The van der Waals surface area contributed by atoms with Crippen LogP contribution in [0.5, 0.6) is 0 Å². The van der Waals surface area contributed by atoms with Crippen molar-refractivity contribution in [3.8, 4) is 0 Å². The Balaban J connectivity index is 1.93. The molecule has 1 aliphatic rings. The van der Waals surface area contributed by atoms with Gasteiger partial charge in [-0.15, -0.1) is 11.8 Å². The Morgan fingerprint density at radius 2 is 2.12 bits per heavy atom. The fraction of sp³-hybridized carbons (Fsp3) is 0.643. The van der Waals surface area contributed by atoms with E-state index in [1.165, 1.54) is 37.0 Å². The highest BCUT2D eigenvalue weighted by atomic mass is 32.2. The molecule has 0 radical (unpaired) electrons. The Bertz CT molecular complexity index is 333. The van der Waals surface area contributed by atoms with Crippen molar-refractivity contribution >= 4 is 11.8 Å². The van der Waals surface area contributed by atoms with Crippen LogP contribution in [-0.2, 0) is 0 Å². The van der Waals surface area contributed by atoms with Crippen LogP contribution in [0, 0.1) is 0 Å². The summed E-state index contributed by atoms with van der Waals surface area (Å²) in [7, 11) is 0. The normalized spacial score (nSPS) is 19.2. The van der Waals surface area contributed by atoms with E-state index in [1.54, 1.807) is 0 Å². The molecule has 1 heterocycles. The lowest BCUT2D eigenvalue weighted by atomic mass is 10.0. The molecule has 1 aromatic rings. The lowest BCUT2D eigenvalue weighted by Crippen LogP contribution is -2.07. The highest BCUT2D eigenvalue weighted by Crippen LogP contribution is 2.33. The van der Waals surface area contributed by atoms with Crippen molar-refractivity contribution in [1.29, 1.82) is 0 Å². The maximum atomic E-state index is 9.67. The van der Waals surface area contributed by atoms with Crippen molar-refractivity contribution in [2.45, 2.75) is 61.7 Å². The van der Waals surface area contributed by atoms with Crippen molar-refractivity contribution < 1.29 is 5.11 Å². The zero-order valence-electron chi connectivity index (χ0n) is 10.4. The molecule has 1 atom stereocenters. The molecule has 17 heavy (non-hydrogen) atoms. The molecule has 0 bridgehead atoms. The summed E-state index contributed by atoms with van der Waals surface area (Å²) in [5.41, 5.74) is 0.792. The fourth-order valence-electron chi connectivity index (χ4n) is 2.24. The molecular formula is C14H21NOS. The topological polar surface area (TPSA) is 33.1 Å². The van der Waals surface area contributed by atoms with Gasteiger partial charge < -0.3 is 5.11 Å². The molecule has 0 saturated heterocycles. The maximum absolute atomic E-state index is 9.67. The number of hydrogen-bond acceptors (Lipinski definition) is 3. The van der Waals surface area contributed by atoms with Gasteiger partial charge in [-0.1, -0.05) is 26.2 Å². The number of pyridine rings is 1. The lowest BCUT2D eigenvalue weighted by molar-refractivity contribution is 0.169. The van der Waals surface area contributed by atoms with E-state index in [0.29, 0.717) is 0 Å². The van der Waals surface area contributed by atoms with Gasteiger partial charge >= 0.3 is 0 Å². The summed E-state index contributed by atoms with van der Waals surface area (Å²) in [6, 6.07) is 4.06. The van der Waals surface area contributed by atoms with Crippen molar-refractivity contribution in [1.82, 2.24) is 4.98 Å². The monoisotopic (exact) mass is 251 g/mol. The predicted molar refractivity (Wildman–Crippen MR) is 72.2 cm³/mol. The molecule has 1 N–H and O–H groups in total. The minimum absolute atomic E-state index is 0.413. The molecule has 0 amide bonds. The Morgan fingerprint density at radius 3 is 2.71 bits per heavy atom. The third kappa shape index (κ3) is 3.71. The average molecular weight is 251 g/mol. The second-order valence-electron chi connectivity index (χ2n) is 4.72. The smallest absolute Gasteiger partial charge is 0.0957 e. The van der Waals surface area contributed by atoms with Crippen LogP contribution in [0.15, 0.2) is 23.2 Å². The van der Waals surface area contributed by atoms with Gasteiger partial charge in [0.05, 0.1) is 11.8 Å². The Hall–Kier alpha value is -0.540. The quantitative estimate of drug-likeness (QED) is 0.879. The molecular weight excluding hydrogens is 230 g/mol. The minimum Gasteiger partial charge on any atom is -0.387 e. The molecule has 2 rings (SSSR count). The van der Waals surface area contributed by atoms with E-state index in [-0.39, 0.29) is 0 Å². The van der Waals surface area contributed by atoms with Crippen molar-refractivity contribution in [3.63, 3.8) is 0 Å². The molecule has 1 aliphatic carbocycles. The summed E-state index contributed by atoms with van der Waals surface area (Å²) < 4.78 is 0. The zero-order chi connectivity index (χ0) is 12.1. The largest absolute Gasteiger partial charge is 0.387 e. The first-order valence-electron chi connectivity index (χ1n) is 6.60. The van der Waals surface area contributed by atoms with Gasteiger partial charge in [0, 0.05) is 16.3 Å². The number of rotatable bonds is 4. The van der Waals surface area contributed by atoms with E-state index >= 15 is 0 Å². The highest BCUT2D eigenvalue weighted by Gasteiger charge is 2.15. The van der Waals surface area contributed by atoms with Crippen LogP contribution in [-0.4, -0.2) is 15.3 Å². The Labute approximate surface area is 108 Å². The predicted octanol–water partition coefficient (Wildman–Crippen LogP) is 3.95. The SMILES string of the molecule is CC[C@@H](O)c1ccc(SC2CCCCC2)cn1. The van der Waals surface area contributed by atoms with Gasteiger partial charge in [-0.2, -0.15) is 0 Å². The minimum atomic E-state index is -0.413. The van der Waals surface area contributed by atoms with Gasteiger partial charge in [0.25, 0.3) is 0 Å². The number of aromatic nitrogens is 1. The van der Waals surface area contributed by atoms with E-state index in [0.717, 1.165) is 17.4 Å². The third-order valence-corrected chi connectivity index (χ3v) is 4.66. The molecule has 94 valence electrons. The van der Waals surface area contributed by atoms with Gasteiger partial charge in [-0.25, -0.2) is 0 Å². The Morgan fingerprint density at radius 1 is 1.35 bits per heavy atom. The molecule has 0 aromatic carbocycles. The number of hydrogen-bond donors (Lipinski definition) is 1. The summed E-state index contributed by atoms with van der Waals surface area (Å²) in [5.74, 6) is 0. The summed E-state index contributed by atoms with van der Waals surface area (Å²) >= 11 is 1.95. The fourth-order valence-corrected chi connectivity index (χ4v) is 3.46. The second-order valence-corrected chi connectivity index (χ2v) is 6.09. The summed E-state index contributed by atoms with van der Waals surface area (Å²) in [4.78, 5) is 5.58. The first-order chi connectivity index (χ1) is 8.29. The van der Waals surface area contributed by atoms with E-state index in [9.17, 15) is 5.11 Å². The Kier molecular flexibility index (Phi) is 4.86. The molecule has 0 unspecified atom stereocenters. The van der Waals surface area contributed by atoms with Crippen molar-refractivity contribution in [2.75, 3.05) is 0 Å². The van der Waals surface area contributed by atoms with Crippen LogP contribution >= 0.6 is 11.8 Å². The van der Waals surface area contributed by atoms with Crippen LogP contribution in [0.25, 0.3) is 0 Å². The van der Waals surface area contributed by atoms with Gasteiger partial charge in [0.1, 0.15) is 0 Å². The van der Waals surface area contributed by atoms with E-state index in [2.05, 4.69) is 11.1 Å². The van der Waals surface area contributed by atoms with E-state index < -0.39 is 6.10 Å². The first-order valence-corrected chi connectivity index (χ1v) is 7.48. The van der Waals surface area contributed by atoms with Crippen LogP contribution in [0.3, 0.4) is 0 Å². The number of nitrogens with zero attached hydrogens (tertiary/aromatic N) is 1. The lowest BCUT2D eigenvalue weighted by Gasteiger charge is -2.20. The summed E-state index contributed by atoms with van der Waals surface area (Å²) in [6.07, 6.45) is 9.04. The van der Waals surface area contributed by atoms with Crippen molar-refractivity contribution in [3.05, 3.63) is 24.0 Å². The van der Waals surface area contributed by atoms with Gasteiger partial charge in [0.15, 0.2) is 0 Å². The van der Waals surface area contributed by atoms with Gasteiger partial charge in [-0.3, -0.25) is 4.98 Å². The molecule has 2 nitrogen and oxygen atoms in total. The van der Waals surface area contributed by atoms with Crippen LogP contribution < -0.4 is 0 Å². The van der Waals surface area contributed by atoms with E-state index in [1.807, 2.05) is 30.9 Å². The molecule has 1 saturated carbocycles.